The fourth-order valence-corrected chi connectivity index (χ4v) is 1.24. The molecule has 0 saturated carbocycles. The molecule has 0 aliphatic carbocycles. The van der Waals surface area contributed by atoms with Crippen LogP contribution in [-0.2, 0) is 0 Å². The van der Waals surface area contributed by atoms with Crippen LogP contribution in [0.5, 0.6) is 11.5 Å². The van der Waals surface area contributed by atoms with E-state index in [1.807, 2.05) is 0 Å². The Morgan fingerprint density at radius 1 is 1.12 bits per heavy atom. The average Bonchev–Trinajstić information content (AvgIpc) is 2.27. The normalized spacial score (nSPS) is 10.8. The van der Waals surface area contributed by atoms with Crippen LogP contribution < -0.4 is 26.7 Å². The first-order valence-electron chi connectivity index (χ1n) is 4.73. The minimum Gasteiger partial charge on any atom is -0.493 e. The molecule has 92 valence electrons. The lowest BCUT2D eigenvalue weighted by molar-refractivity contribution is 0.356. The lowest BCUT2D eigenvalue weighted by atomic mass is 10.3. The predicted octanol–water partition coefficient (Wildman–Crippen LogP) is -0.0766. The first-order chi connectivity index (χ1) is 8.08. The van der Waals surface area contributed by atoms with Gasteiger partial charge in [0.1, 0.15) is 5.69 Å². The fraction of sp³-hybridized carbons (Fsp3) is 0.200. The summed E-state index contributed by atoms with van der Waals surface area (Å²) < 4.78 is 10.3. The molecular formula is C10H15N5O2. The molecule has 0 bridgehead atoms. The maximum absolute atomic E-state index is 5.53. The lowest BCUT2D eigenvalue weighted by Crippen LogP contribution is -2.26. The van der Waals surface area contributed by atoms with Gasteiger partial charge < -0.3 is 26.7 Å². The van der Waals surface area contributed by atoms with Gasteiger partial charge in [-0.2, -0.15) is 4.99 Å². The summed E-state index contributed by atoms with van der Waals surface area (Å²) in [6.45, 7) is 0. The zero-order chi connectivity index (χ0) is 12.8. The molecule has 0 aliphatic rings. The molecular weight excluding hydrogens is 222 g/mol. The zero-order valence-electron chi connectivity index (χ0n) is 9.68. The van der Waals surface area contributed by atoms with Crippen LogP contribution >= 0.6 is 0 Å². The molecule has 7 nitrogen and oxygen atoms in total. The molecule has 1 rings (SSSR count). The number of guanidine groups is 2. The molecule has 0 radical (unpaired) electrons. The third kappa shape index (κ3) is 3.26. The molecule has 17 heavy (non-hydrogen) atoms. The fourth-order valence-electron chi connectivity index (χ4n) is 1.24. The van der Waals surface area contributed by atoms with Gasteiger partial charge in [-0.05, 0) is 12.1 Å². The maximum Gasteiger partial charge on any atom is 0.223 e. The minimum atomic E-state index is -0.159. The van der Waals surface area contributed by atoms with E-state index in [4.69, 9.17) is 26.7 Å². The Morgan fingerprint density at radius 2 is 1.82 bits per heavy atom. The first-order valence-corrected chi connectivity index (χ1v) is 4.73. The van der Waals surface area contributed by atoms with Crippen LogP contribution in [0.15, 0.2) is 28.2 Å². The van der Waals surface area contributed by atoms with Crippen molar-refractivity contribution in [3.8, 4) is 11.5 Å². The van der Waals surface area contributed by atoms with E-state index >= 15 is 0 Å². The van der Waals surface area contributed by atoms with E-state index in [1.165, 1.54) is 14.2 Å². The number of rotatable bonds is 3. The highest BCUT2D eigenvalue weighted by Crippen LogP contribution is 2.36. The number of aliphatic imine (C=N–C) groups is 2. The molecule has 0 aromatic heterocycles. The van der Waals surface area contributed by atoms with Gasteiger partial charge in [-0.25, -0.2) is 4.99 Å². The van der Waals surface area contributed by atoms with E-state index in [-0.39, 0.29) is 11.9 Å². The Hall–Kier alpha value is -2.44. The molecule has 0 atom stereocenters. The predicted molar refractivity (Wildman–Crippen MR) is 66.6 cm³/mol. The van der Waals surface area contributed by atoms with Crippen molar-refractivity contribution < 1.29 is 9.47 Å². The minimum absolute atomic E-state index is 0.0587. The summed E-state index contributed by atoms with van der Waals surface area (Å²) >= 11 is 0. The Balaban J connectivity index is 3.18. The standard InChI is InChI=1S/C10H15N5O2/c1-16-7-5-3-4-6(8(7)17-2)14-10(13)15-9(11)12/h3-5H,1-2H3,(H6,11,12,13,14,15). The van der Waals surface area contributed by atoms with Crippen LogP contribution in [0.3, 0.4) is 0 Å². The second kappa shape index (κ2) is 5.59. The Bertz CT molecular complexity index is 452. The molecule has 0 fully saturated rings. The summed E-state index contributed by atoms with van der Waals surface area (Å²) in [5.41, 5.74) is 16.4. The number of para-hydroxylation sites is 1. The third-order valence-corrected chi connectivity index (χ3v) is 1.86. The van der Waals surface area contributed by atoms with Gasteiger partial charge in [-0.1, -0.05) is 6.07 Å². The van der Waals surface area contributed by atoms with Crippen molar-refractivity contribution in [2.24, 2.45) is 27.2 Å². The zero-order valence-corrected chi connectivity index (χ0v) is 9.68. The van der Waals surface area contributed by atoms with Crippen molar-refractivity contribution in [1.82, 2.24) is 0 Å². The summed E-state index contributed by atoms with van der Waals surface area (Å²) in [4.78, 5) is 7.63. The average molecular weight is 237 g/mol. The van der Waals surface area contributed by atoms with E-state index in [2.05, 4.69) is 9.98 Å². The third-order valence-electron chi connectivity index (χ3n) is 1.86. The second-order valence-corrected chi connectivity index (χ2v) is 3.02. The van der Waals surface area contributed by atoms with Gasteiger partial charge >= 0.3 is 0 Å². The quantitative estimate of drug-likeness (QED) is 0.501. The van der Waals surface area contributed by atoms with Crippen LogP contribution in [0.1, 0.15) is 0 Å². The summed E-state index contributed by atoms with van der Waals surface area (Å²) in [6.07, 6.45) is 0. The van der Waals surface area contributed by atoms with Crippen LogP contribution in [-0.4, -0.2) is 26.1 Å². The number of nitrogens with zero attached hydrogens (tertiary/aromatic N) is 2. The lowest BCUT2D eigenvalue weighted by Gasteiger charge is -2.09. The number of ether oxygens (including phenoxy) is 2. The van der Waals surface area contributed by atoms with Crippen LogP contribution in [0.2, 0.25) is 0 Å². The highest BCUT2D eigenvalue weighted by Gasteiger charge is 2.08. The van der Waals surface area contributed by atoms with Gasteiger partial charge in [0, 0.05) is 0 Å². The number of methoxy groups -OCH3 is 2. The number of hydrogen-bond acceptors (Lipinski definition) is 3. The number of benzene rings is 1. The van der Waals surface area contributed by atoms with E-state index < -0.39 is 0 Å². The van der Waals surface area contributed by atoms with Crippen molar-refractivity contribution in [3.05, 3.63) is 18.2 Å². The summed E-state index contributed by atoms with van der Waals surface area (Å²) in [5, 5.41) is 0. The molecule has 0 heterocycles. The van der Waals surface area contributed by atoms with E-state index in [0.29, 0.717) is 17.2 Å². The van der Waals surface area contributed by atoms with E-state index in [0.717, 1.165) is 0 Å². The van der Waals surface area contributed by atoms with Gasteiger partial charge in [0.25, 0.3) is 0 Å². The molecule has 1 aromatic rings. The van der Waals surface area contributed by atoms with Crippen molar-refractivity contribution in [2.75, 3.05) is 14.2 Å². The van der Waals surface area contributed by atoms with Crippen molar-refractivity contribution in [1.29, 1.82) is 0 Å². The molecule has 7 heteroatoms. The van der Waals surface area contributed by atoms with Gasteiger partial charge in [-0.15, -0.1) is 0 Å². The second-order valence-electron chi connectivity index (χ2n) is 3.02. The molecule has 0 amide bonds. The maximum atomic E-state index is 5.53. The first kappa shape index (κ1) is 12.6. The highest BCUT2D eigenvalue weighted by molar-refractivity contribution is 5.94. The molecule has 0 aliphatic heterocycles. The van der Waals surface area contributed by atoms with E-state index in [1.54, 1.807) is 18.2 Å². The highest BCUT2D eigenvalue weighted by atomic mass is 16.5. The van der Waals surface area contributed by atoms with Crippen LogP contribution in [0, 0.1) is 0 Å². The molecule has 6 N–H and O–H groups in total. The SMILES string of the molecule is COc1cccc(N=C(N)N=C(N)N)c1OC. The molecule has 0 unspecified atom stereocenters. The van der Waals surface area contributed by atoms with Crippen LogP contribution in [0.25, 0.3) is 0 Å². The smallest absolute Gasteiger partial charge is 0.223 e. The summed E-state index contributed by atoms with van der Waals surface area (Å²) in [6, 6.07) is 5.20. The van der Waals surface area contributed by atoms with E-state index in [9.17, 15) is 0 Å². The summed E-state index contributed by atoms with van der Waals surface area (Å²) in [5.74, 6) is 0.791. The summed E-state index contributed by atoms with van der Waals surface area (Å²) in [7, 11) is 3.04. The Morgan fingerprint density at radius 3 is 2.35 bits per heavy atom. The van der Waals surface area contributed by atoms with Crippen LogP contribution in [0.4, 0.5) is 5.69 Å². The van der Waals surface area contributed by atoms with Gasteiger partial charge in [0.2, 0.25) is 5.96 Å². The van der Waals surface area contributed by atoms with Crippen molar-refractivity contribution >= 4 is 17.6 Å². The van der Waals surface area contributed by atoms with Gasteiger partial charge in [-0.3, -0.25) is 0 Å². The molecule has 1 aromatic carbocycles. The largest absolute Gasteiger partial charge is 0.493 e. The van der Waals surface area contributed by atoms with Crippen molar-refractivity contribution in [2.45, 2.75) is 0 Å². The molecule has 0 spiro atoms. The number of hydrogen-bond donors (Lipinski definition) is 3. The van der Waals surface area contributed by atoms with Gasteiger partial charge in [0.05, 0.1) is 14.2 Å². The van der Waals surface area contributed by atoms with Gasteiger partial charge in [0.15, 0.2) is 17.5 Å². The van der Waals surface area contributed by atoms with Crippen molar-refractivity contribution in [3.63, 3.8) is 0 Å². The Labute approximate surface area is 98.9 Å². The monoisotopic (exact) mass is 237 g/mol. The molecule has 0 saturated heterocycles. The topological polar surface area (TPSA) is 121 Å². The number of nitrogens with two attached hydrogens (primary N) is 3. The Kier molecular flexibility index (Phi) is 4.15.